The van der Waals surface area contributed by atoms with Crippen molar-refractivity contribution in [2.75, 3.05) is 36.5 Å². The van der Waals surface area contributed by atoms with E-state index in [0.717, 1.165) is 25.6 Å². The number of amides is 1. The van der Waals surface area contributed by atoms with Gasteiger partial charge in [-0.1, -0.05) is 0 Å². The number of halogens is 4. The third kappa shape index (κ3) is 4.12. The molecule has 0 unspecified atom stereocenters. The van der Waals surface area contributed by atoms with Gasteiger partial charge in [0, 0.05) is 35.9 Å². The Morgan fingerprint density at radius 1 is 1.30 bits per heavy atom. The van der Waals surface area contributed by atoms with E-state index >= 15 is 0 Å². The Labute approximate surface area is 195 Å². The van der Waals surface area contributed by atoms with Gasteiger partial charge in [0.2, 0.25) is 5.95 Å². The fourth-order valence-electron chi connectivity index (χ4n) is 4.19. The predicted molar refractivity (Wildman–Crippen MR) is 120 cm³/mol. The van der Waals surface area contributed by atoms with Gasteiger partial charge < -0.3 is 20.4 Å². The maximum Gasteiger partial charge on any atom is 0.419 e. The molecule has 2 aliphatic heterocycles. The number of benzene rings is 1. The SMILES string of the molecule is O=C1OCCN1c1ccc2c(-c3nc(N[C@H]4CCCNC4)ncc3C(F)(F)F)c[nH]c2c1Br. The van der Waals surface area contributed by atoms with E-state index in [1.54, 1.807) is 12.1 Å². The highest BCUT2D eigenvalue weighted by molar-refractivity contribution is 9.10. The van der Waals surface area contributed by atoms with Gasteiger partial charge in [0.15, 0.2) is 0 Å². The van der Waals surface area contributed by atoms with E-state index in [1.807, 2.05) is 0 Å². The van der Waals surface area contributed by atoms with Gasteiger partial charge in [-0.05, 0) is 47.4 Å². The van der Waals surface area contributed by atoms with Gasteiger partial charge in [-0.15, -0.1) is 0 Å². The molecule has 0 saturated carbocycles. The molecule has 4 heterocycles. The zero-order chi connectivity index (χ0) is 23.2. The summed E-state index contributed by atoms with van der Waals surface area (Å²) in [5.41, 5.74) is 0.291. The second-order valence-electron chi connectivity index (χ2n) is 7.93. The van der Waals surface area contributed by atoms with Crippen LogP contribution in [-0.2, 0) is 10.9 Å². The first-order valence-electron chi connectivity index (χ1n) is 10.5. The summed E-state index contributed by atoms with van der Waals surface area (Å²) >= 11 is 3.49. The lowest BCUT2D eigenvalue weighted by Crippen LogP contribution is -2.38. The normalized spacial score (nSPS) is 19.2. The number of aromatic amines is 1. The molecule has 0 spiro atoms. The zero-order valence-electron chi connectivity index (χ0n) is 17.3. The number of piperidine rings is 1. The number of carbonyl (C=O) groups excluding carboxylic acids is 1. The first-order chi connectivity index (χ1) is 15.8. The van der Waals surface area contributed by atoms with Crippen LogP contribution in [0.5, 0.6) is 0 Å². The molecule has 2 aromatic heterocycles. The molecular formula is C21H20BrF3N6O2. The number of H-pyrrole nitrogens is 1. The van der Waals surface area contributed by atoms with Crippen LogP contribution in [0.25, 0.3) is 22.2 Å². The van der Waals surface area contributed by atoms with Crippen molar-refractivity contribution in [2.24, 2.45) is 0 Å². The Morgan fingerprint density at radius 2 is 2.15 bits per heavy atom. The summed E-state index contributed by atoms with van der Waals surface area (Å²) in [5, 5.41) is 6.93. The Hall–Kier alpha value is -2.86. The van der Waals surface area contributed by atoms with Crippen LogP contribution in [0.2, 0.25) is 0 Å². The van der Waals surface area contributed by atoms with Crippen molar-refractivity contribution in [3.05, 3.63) is 34.6 Å². The summed E-state index contributed by atoms with van der Waals surface area (Å²) in [6, 6.07) is 3.40. The van der Waals surface area contributed by atoms with Crippen LogP contribution in [0.4, 0.5) is 29.6 Å². The number of alkyl halides is 3. The van der Waals surface area contributed by atoms with E-state index in [4.69, 9.17) is 4.74 Å². The van der Waals surface area contributed by atoms with Crippen molar-refractivity contribution >= 4 is 44.6 Å². The monoisotopic (exact) mass is 524 g/mol. The van der Waals surface area contributed by atoms with Crippen LogP contribution in [0, 0.1) is 0 Å². The Morgan fingerprint density at radius 3 is 2.85 bits per heavy atom. The molecule has 12 heteroatoms. The van der Waals surface area contributed by atoms with Gasteiger partial charge in [0.25, 0.3) is 0 Å². The Bertz CT molecular complexity index is 1210. The van der Waals surface area contributed by atoms with E-state index in [1.165, 1.54) is 11.1 Å². The van der Waals surface area contributed by atoms with Crippen LogP contribution in [0.15, 0.2) is 29.0 Å². The van der Waals surface area contributed by atoms with Gasteiger partial charge in [0.1, 0.15) is 12.2 Å². The molecule has 1 amide bonds. The summed E-state index contributed by atoms with van der Waals surface area (Å²) in [6.45, 7) is 2.28. The highest BCUT2D eigenvalue weighted by Gasteiger charge is 2.36. The number of hydrogen-bond donors (Lipinski definition) is 3. The second kappa shape index (κ2) is 8.49. The standard InChI is InChI=1S/C21H20BrF3N6O2/c22-16-15(31-6-7-33-20(31)32)4-3-12-13(9-27-18(12)16)17-14(21(23,24)25)10-28-19(30-17)29-11-2-1-5-26-8-11/h3-4,9-11,26-27H,1-2,5-8H2,(H,28,29,30)/t11-/m0/s1. The van der Waals surface area contributed by atoms with Crippen LogP contribution in [0.1, 0.15) is 18.4 Å². The number of nitrogens with zero attached hydrogens (tertiary/aromatic N) is 3. The highest BCUT2D eigenvalue weighted by Crippen LogP contribution is 2.42. The predicted octanol–water partition coefficient (Wildman–Crippen LogP) is 4.53. The molecule has 174 valence electrons. The largest absolute Gasteiger partial charge is 0.447 e. The third-order valence-corrected chi connectivity index (χ3v) is 6.61. The average molecular weight is 525 g/mol. The highest BCUT2D eigenvalue weighted by atomic mass is 79.9. The summed E-state index contributed by atoms with van der Waals surface area (Å²) in [6.07, 6.45) is -0.928. The quantitative estimate of drug-likeness (QED) is 0.464. The molecule has 0 radical (unpaired) electrons. The van der Waals surface area contributed by atoms with Gasteiger partial charge in [-0.3, -0.25) is 4.90 Å². The average Bonchev–Trinajstić information content (AvgIpc) is 3.41. The number of rotatable bonds is 4. The molecule has 5 rings (SSSR count). The zero-order valence-corrected chi connectivity index (χ0v) is 18.9. The maximum atomic E-state index is 13.8. The number of fused-ring (bicyclic) bond motifs is 1. The minimum atomic E-state index is -4.62. The van der Waals surface area contributed by atoms with E-state index in [0.29, 0.717) is 39.7 Å². The lowest BCUT2D eigenvalue weighted by atomic mass is 10.0. The van der Waals surface area contributed by atoms with Crippen LogP contribution in [-0.4, -0.2) is 53.3 Å². The number of cyclic esters (lactones) is 1. The number of hydrogen-bond acceptors (Lipinski definition) is 6. The molecule has 1 aromatic carbocycles. The molecule has 1 atom stereocenters. The molecule has 33 heavy (non-hydrogen) atoms. The lowest BCUT2D eigenvalue weighted by molar-refractivity contribution is -0.137. The molecule has 3 N–H and O–H groups in total. The minimum Gasteiger partial charge on any atom is -0.447 e. The summed E-state index contributed by atoms with van der Waals surface area (Å²) < 4.78 is 47.0. The maximum absolute atomic E-state index is 13.8. The topological polar surface area (TPSA) is 95.2 Å². The van der Waals surface area contributed by atoms with Gasteiger partial charge in [0.05, 0.1) is 27.9 Å². The molecule has 0 bridgehead atoms. The second-order valence-corrected chi connectivity index (χ2v) is 8.72. The van der Waals surface area contributed by atoms with Crippen LogP contribution in [0.3, 0.4) is 0 Å². The molecule has 0 aliphatic carbocycles. The van der Waals surface area contributed by atoms with Crippen molar-refractivity contribution in [2.45, 2.75) is 25.1 Å². The van der Waals surface area contributed by atoms with Crippen molar-refractivity contribution in [3.63, 3.8) is 0 Å². The molecule has 2 saturated heterocycles. The smallest absolute Gasteiger partial charge is 0.419 e. The fraction of sp³-hybridized carbons (Fsp3) is 0.381. The molecule has 2 aliphatic rings. The molecule has 8 nitrogen and oxygen atoms in total. The number of nitrogens with one attached hydrogen (secondary N) is 3. The van der Waals surface area contributed by atoms with Crippen molar-refractivity contribution in [3.8, 4) is 11.3 Å². The van der Waals surface area contributed by atoms with Crippen molar-refractivity contribution in [1.82, 2.24) is 20.3 Å². The fourth-order valence-corrected chi connectivity index (χ4v) is 4.87. The third-order valence-electron chi connectivity index (χ3n) is 5.80. The van der Waals surface area contributed by atoms with E-state index in [9.17, 15) is 18.0 Å². The van der Waals surface area contributed by atoms with E-state index < -0.39 is 17.8 Å². The van der Waals surface area contributed by atoms with Gasteiger partial charge in [-0.2, -0.15) is 13.2 Å². The Kier molecular flexibility index (Phi) is 5.65. The molecular weight excluding hydrogens is 505 g/mol. The first-order valence-corrected chi connectivity index (χ1v) is 11.3. The summed E-state index contributed by atoms with van der Waals surface area (Å²) in [4.78, 5) is 24.7. The minimum absolute atomic E-state index is 0.0447. The summed E-state index contributed by atoms with van der Waals surface area (Å²) in [5.74, 6) is 0.150. The van der Waals surface area contributed by atoms with Gasteiger partial charge >= 0.3 is 12.3 Å². The van der Waals surface area contributed by atoms with Crippen molar-refractivity contribution < 1.29 is 22.7 Å². The molecule has 2 fully saturated rings. The first kappa shape index (κ1) is 22.0. The number of ether oxygens (including phenoxy) is 1. The lowest BCUT2D eigenvalue weighted by Gasteiger charge is -2.24. The van der Waals surface area contributed by atoms with Crippen LogP contribution < -0.4 is 15.5 Å². The van der Waals surface area contributed by atoms with E-state index in [-0.39, 0.29) is 24.3 Å². The van der Waals surface area contributed by atoms with Gasteiger partial charge in [-0.25, -0.2) is 14.8 Å². The number of carbonyl (C=O) groups is 1. The van der Waals surface area contributed by atoms with E-state index in [2.05, 4.69) is 41.5 Å². The van der Waals surface area contributed by atoms with Crippen molar-refractivity contribution in [1.29, 1.82) is 0 Å². The molecule has 3 aromatic rings. The number of aromatic nitrogens is 3. The van der Waals surface area contributed by atoms with Crippen LogP contribution >= 0.6 is 15.9 Å². The summed E-state index contributed by atoms with van der Waals surface area (Å²) in [7, 11) is 0. The number of anilines is 2. The Balaban J connectivity index is 1.58.